The van der Waals surface area contributed by atoms with Crippen molar-refractivity contribution in [3.8, 4) is 0 Å². The van der Waals surface area contributed by atoms with E-state index in [0.29, 0.717) is 11.6 Å². The molecule has 6 heteroatoms. The van der Waals surface area contributed by atoms with Crippen molar-refractivity contribution in [2.24, 2.45) is 0 Å². The fraction of sp³-hybridized carbons (Fsp3) is 0.214. The predicted molar refractivity (Wildman–Crippen MR) is 73.3 cm³/mol. The molecule has 0 saturated carbocycles. The molecule has 2 N–H and O–H groups in total. The number of fused-ring (bicyclic) bond motifs is 1. The van der Waals surface area contributed by atoms with Crippen molar-refractivity contribution in [3.05, 3.63) is 53.0 Å². The summed E-state index contributed by atoms with van der Waals surface area (Å²) in [5, 5.41) is 16.6. The summed E-state index contributed by atoms with van der Waals surface area (Å²) >= 11 is 0. The van der Waals surface area contributed by atoms with Gasteiger partial charge in [0.15, 0.2) is 0 Å². The van der Waals surface area contributed by atoms with E-state index in [0.717, 1.165) is 11.1 Å². The van der Waals surface area contributed by atoms with E-state index in [4.69, 9.17) is 0 Å². The van der Waals surface area contributed by atoms with Crippen molar-refractivity contribution < 1.29 is 9.90 Å². The highest BCUT2D eigenvalue weighted by Crippen LogP contribution is 2.34. The molecule has 1 aliphatic heterocycles. The Balaban J connectivity index is 2.19. The number of anilines is 1. The Hall–Kier alpha value is -2.63. The summed E-state index contributed by atoms with van der Waals surface area (Å²) in [4.78, 5) is 15.7. The Morgan fingerprint density at radius 1 is 1.30 bits per heavy atom. The first-order valence-electron chi connectivity index (χ1n) is 6.25. The number of nitrogens with one attached hydrogen (secondary N) is 1. The van der Waals surface area contributed by atoms with Gasteiger partial charge in [-0.1, -0.05) is 29.8 Å². The third-order valence-corrected chi connectivity index (χ3v) is 3.42. The molecule has 20 heavy (non-hydrogen) atoms. The molecule has 102 valence electrons. The number of hydrogen-bond acceptors (Lipinski definition) is 4. The zero-order valence-electron chi connectivity index (χ0n) is 11.2. The van der Waals surface area contributed by atoms with E-state index in [1.807, 2.05) is 31.2 Å². The van der Waals surface area contributed by atoms with Crippen molar-refractivity contribution in [3.63, 3.8) is 0 Å². The number of carboxylic acids is 1. The topological polar surface area (TPSA) is 80.0 Å². The first-order valence-corrected chi connectivity index (χ1v) is 6.25. The maximum absolute atomic E-state index is 11.6. The summed E-state index contributed by atoms with van der Waals surface area (Å²) < 4.78 is 1.60. The molecule has 0 radical (unpaired) electrons. The van der Waals surface area contributed by atoms with Crippen LogP contribution in [0.4, 0.5) is 5.95 Å². The molecule has 1 aliphatic rings. The fourth-order valence-corrected chi connectivity index (χ4v) is 2.42. The van der Waals surface area contributed by atoms with E-state index in [-0.39, 0.29) is 5.57 Å². The summed E-state index contributed by atoms with van der Waals surface area (Å²) in [6.07, 6.45) is 1.42. The van der Waals surface area contributed by atoms with Crippen LogP contribution in [-0.4, -0.2) is 25.8 Å². The Morgan fingerprint density at radius 3 is 2.65 bits per heavy atom. The molecule has 2 aromatic rings. The van der Waals surface area contributed by atoms with Gasteiger partial charge in [-0.25, -0.2) is 9.48 Å². The average molecular weight is 270 g/mol. The van der Waals surface area contributed by atoms with Crippen molar-refractivity contribution >= 4 is 11.9 Å². The lowest BCUT2D eigenvalue weighted by Crippen LogP contribution is -2.28. The predicted octanol–water partition coefficient (Wildman–Crippen LogP) is 1.96. The van der Waals surface area contributed by atoms with Gasteiger partial charge in [0.2, 0.25) is 5.95 Å². The van der Waals surface area contributed by atoms with Gasteiger partial charge in [0.05, 0.1) is 5.57 Å². The lowest BCUT2D eigenvalue weighted by atomic mass is 9.95. The number of aryl methyl sites for hydroxylation is 1. The molecule has 0 saturated heterocycles. The number of allylic oxidation sites excluding steroid dienone is 1. The number of aliphatic carboxylic acids is 1. The van der Waals surface area contributed by atoms with Crippen molar-refractivity contribution in [1.29, 1.82) is 0 Å². The molecule has 1 atom stereocenters. The van der Waals surface area contributed by atoms with Gasteiger partial charge in [0.25, 0.3) is 0 Å². The van der Waals surface area contributed by atoms with Gasteiger partial charge in [-0.15, -0.1) is 0 Å². The molecule has 1 aromatic carbocycles. The molecule has 0 spiro atoms. The third kappa shape index (κ3) is 1.85. The van der Waals surface area contributed by atoms with Crippen LogP contribution in [0.15, 0.2) is 41.9 Å². The van der Waals surface area contributed by atoms with Crippen LogP contribution in [0.1, 0.15) is 24.1 Å². The molecule has 0 bridgehead atoms. The van der Waals surface area contributed by atoms with Crippen LogP contribution in [0.2, 0.25) is 0 Å². The minimum absolute atomic E-state index is 0.284. The van der Waals surface area contributed by atoms with Crippen LogP contribution in [0, 0.1) is 6.92 Å². The van der Waals surface area contributed by atoms with E-state index >= 15 is 0 Å². The molecule has 0 amide bonds. The van der Waals surface area contributed by atoms with Gasteiger partial charge in [-0.3, -0.25) is 0 Å². The number of carbonyl (C=O) groups is 1. The summed E-state index contributed by atoms with van der Waals surface area (Å²) in [6.45, 7) is 3.73. The van der Waals surface area contributed by atoms with E-state index in [1.165, 1.54) is 6.33 Å². The number of nitrogens with zero attached hydrogens (tertiary/aromatic N) is 3. The Bertz CT molecular complexity index is 700. The van der Waals surface area contributed by atoms with Gasteiger partial charge < -0.3 is 10.4 Å². The van der Waals surface area contributed by atoms with Crippen LogP contribution in [-0.2, 0) is 4.79 Å². The second-order valence-electron chi connectivity index (χ2n) is 4.81. The minimum Gasteiger partial charge on any atom is -0.478 e. The van der Waals surface area contributed by atoms with Gasteiger partial charge in [0, 0.05) is 5.70 Å². The Morgan fingerprint density at radius 2 is 2.00 bits per heavy atom. The Kier molecular flexibility index (Phi) is 2.78. The van der Waals surface area contributed by atoms with E-state index < -0.39 is 12.0 Å². The molecule has 1 aromatic heterocycles. The van der Waals surface area contributed by atoms with Crippen LogP contribution in [0.3, 0.4) is 0 Å². The van der Waals surface area contributed by atoms with Crippen molar-refractivity contribution in [1.82, 2.24) is 14.8 Å². The number of hydrogen-bond donors (Lipinski definition) is 2. The molecular formula is C14H14N4O2. The second-order valence-corrected chi connectivity index (χ2v) is 4.81. The molecule has 2 heterocycles. The van der Waals surface area contributed by atoms with Gasteiger partial charge in [-0.05, 0) is 19.4 Å². The average Bonchev–Trinajstić information content (AvgIpc) is 2.85. The zero-order chi connectivity index (χ0) is 14.3. The smallest absolute Gasteiger partial charge is 0.335 e. The maximum atomic E-state index is 11.6. The van der Waals surface area contributed by atoms with Gasteiger partial charge >= 0.3 is 5.97 Å². The molecule has 0 fully saturated rings. The maximum Gasteiger partial charge on any atom is 0.335 e. The number of carboxylic acid groups (broad SMARTS) is 1. The minimum atomic E-state index is -0.957. The van der Waals surface area contributed by atoms with Crippen LogP contribution in [0.25, 0.3) is 0 Å². The lowest BCUT2D eigenvalue weighted by molar-refractivity contribution is -0.133. The van der Waals surface area contributed by atoms with E-state index in [9.17, 15) is 9.90 Å². The van der Waals surface area contributed by atoms with Crippen LogP contribution >= 0.6 is 0 Å². The number of rotatable bonds is 2. The molecule has 3 rings (SSSR count). The number of aromatic nitrogens is 3. The SMILES string of the molecule is CC1=C(C(=O)O)[C@H](c2ccc(C)cc2)n2ncnc2N1. The highest BCUT2D eigenvalue weighted by atomic mass is 16.4. The van der Waals surface area contributed by atoms with E-state index in [1.54, 1.807) is 11.6 Å². The fourth-order valence-electron chi connectivity index (χ4n) is 2.42. The van der Waals surface area contributed by atoms with Gasteiger partial charge in [0.1, 0.15) is 12.4 Å². The van der Waals surface area contributed by atoms with Crippen LogP contribution < -0.4 is 5.32 Å². The zero-order valence-corrected chi connectivity index (χ0v) is 11.2. The first-order chi connectivity index (χ1) is 9.58. The highest BCUT2D eigenvalue weighted by Gasteiger charge is 2.32. The van der Waals surface area contributed by atoms with Crippen molar-refractivity contribution in [2.75, 3.05) is 5.32 Å². The Labute approximate surface area is 115 Å². The van der Waals surface area contributed by atoms with Crippen LogP contribution in [0.5, 0.6) is 0 Å². The summed E-state index contributed by atoms with van der Waals surface area (Å²) in [7, 11) is 0. The molecular weight excluding hydrogens is 256 g/mol. The molecule has 0 aliphatic carbocycles. The molecule has 6 nitrogen and oxygen atoms in total. The van der Waals surface area contributed by atoms with Gasteiger partial charge in [-0.2, -0.15) is 10.1 Å². The summed E-state index contributed by atoms with van der Waals surface area (Å²) in [5.41, 5.74) is 2.87. The highest BCUT2D eigenvalue weighted by molar-refractivity contribution is 5.90. The monoisotopic (exact) mass is 270 g/mol. The van der Waals surface area contributed by atoms with E-state index in [2.05, 4.69) is 15.4 Å². The number of benzene rings is 1. The quantitative estimate of drug-likeness (QED) is 0.872. The first kappa shape index (κ1) is 12.4. The second kappa shape index (κ2) is 4.48. The largest absolute Gasteiger partial charge is 0.478 e. The summed E-state index contributed by atoms with van der Waals surface area (Å²) in [5.74, 6) is -0.403. The van der Waals surface area contributed by atoms with Crippen molar-refractivity contribution in [2.45, 2.75) is 19.9 Å². The molecule has 0 unspecified atom stereocenters. The standard InChI is InChI=1S/C14H14N4O2/c1-8-3-5-10(6-4-8)12-11(13(19)20)9(2)17-14-15-7-16-18(12)14/h3-7,12H,1-2H3,(H,19,20)(H,15,16,17)/t12-/m0/s1. The normalized spacial score (nSPS) is 17.6. The summed E-state index contributed by atoms with van der Waals surface area (Å²) in [6, 6.07) is 7.30. The third-order valence-electron chi connectivity index (χ3n) is 3.42. The lowest BCUT2D eigenvalue weighted by Gasteiger charge is -2.27.